The number of rotatable bonds is 3. The number of ether oxygens (including phenoxy) is 2. The largest absolute Gasteiger partial charge is 0.480 e. The van der Waals surface area contributed by atoms with Crippen LogP contribution in [0.5, 0.6) is 5.75 Å². The Bertz CT molecular complexity index is 1340. The van der Waals surface area contributed by atoms with E-state index in [4.69, 9.17) is 9.47 Å². The van der Waals surface area contributed by atoms with Crippen molar-refractivity contribution in [3.63, 3.8) is 0 Å². The summed E-state index contributed by atoms with van der Waals surface area (Å²) in [6.45, 7) is 0. The highest BCUT2D eigenvalue weighted by molar-refractivity contribution is 7.10. The summed E-state index contributed by atoms with van der Waals surface area (Å²) in [6.07, 6.45) is 1.19. The molecule has 0 aliphatic carbocycles. The van der Waals surface area contributed by atoms with Crippen molar-refractivity contribution < 1.29 is 14.3 Å². The number of para-hydroxylation sites is 1. The van der Waals surface area contributed by atoms with Crippen molar-refractivity contribution in [2.75, 3.05) is 12.4 Å². The van der Waals surface area contributed by atoms with Gasteiger partial charge < -0.3 is 14.8 Å². The summed E-state index contributed by atoms with van der Waals surface area (Å²) in [4.78, 5) is 17.5. The van der Waals surface area contributed by atoms with Crippen LogP contribution in [-0.4, -0.2) is 27.8 Å². The minimum Gasteiger partial charge on any atom is -0.480 e. The summed E-state index contributed by atoms with van der Waals surface area (Å²) in [5.74, 6) is 1.12. The monoisotopic (exact) mass is 442 g/mol. The van der Waals surface area contributed by atoms with Crippen LogP contribution in [-0.2, 0) is 4.74 Å². The fraction of sp³-hybridized carbons (Fsp3) is 0.125. The molecule has 2 aliphatic heterocycles. The van der Waals surface area contributed by atoms with Crippen LogP contribution in [0.4, 0.5) is 5.95 Å². The van der Waals surface area contributed by atoms with Gasteiger partial charge in [0.05, 0.1) is 18.4 Å². The Morgan fingerprint density at radius 1 is 1.12 bits per heavy atom. The zero-order valence-corrected chi connectivity index (χ0v) is 17.9. The second kappa shape index (κ2) is 7.35. The van der Waals surface area contributed by atoms with E-state index in [1.807, 2.05) is 47.1 Å². The zero-order chi connectivity index (χ0) is 21.7. The second-order valence-corrected chi connectivity index (χ2v) is 8.49. The fourth-order valence-corrected chi connectivity index (χ4v) is 5.15. The molecule has 0 radical (unpaired) electrons. The summed E-state index contributed by atoms with van der Waals surface area (Å²) in [5, 5.41) is 10.1. The van der Waals surface area contributed by atoms with Crippen molar-refractivity contribution >= 4 is 29.0 Å². The van der Waals surface area contributed by atoms with Gasteiger partial charge >= 0.3 is 5.97 Å². The maximum Gasteiger partial charge on any atom is 0.337 e. The maximum atomic E-state index is 11.9. The van der Waals surface area contributed by atoms with E-state index in [9.17, 15) is 4.79 Å². The molecule has 6 rings (SSSR count). The highest BCUT2D eigenvalue weighted by atomic mass is 32.1. The highest BCUT2D eigenvalue weighted by Gasteiger charge is 2.41. The molecule has 32 heavy (non-hydrogen) atoms. The van der Waals surface area contributed by atoms with Crippen LogP contribution < -0.4 is 10.1 Å². The SMILES string of the molecule is COC(=O)c1ccc([C@H]2Oc3ccccc3C3=C2[C@H](c2cccs2)n2ncnc2N3)cc1. The highest BCUT2D eigenvalue weighted by Crippen LogP contribution is 2.51. The number of hydrogen-bond donors (Lipinski definition) is 1. The molecule has 158 valence electrons. The molecular formula is C24H18N4O3S. The van der Waals surface area contributed by atoms with Gasteiger partial charge in [0, 0.05) is 16.0 Å². The maximum absolute atomic E-state index is 11.9. The molecule has 0 saturated heterocycles. The molecule has 2 aromatic carbocycles. The molecule has 0 bridgehead atoms. The van der Waals surface area contributed by atoms with Crippen molar-refractivity contribution in [1.82, 2.24) is 14.8 Å². The number of nitrogens with zero attached hydrogens (tertiary/aromatic N) is 3. The van der Waals surface area contributed by atoms with E-state index in [0.717, 1.165) is 33.0 Å². The number of hydrogen-bond acceptors (Lipinski definition) is 7. The van der Waals surface area contributed by atoms with Crippen LogP contribution in [0.2, 0.25) is 0 Å². The van der Waals surface area contributed by atoms with E-state index in [0.29, 0.717) is 11.5 Å². The van der Waals surface area contributed by atoms with Gasteiger partial charge in [-0.1, -0.05) is 30.3 Å². The molecule has 2 aliphatic rings. The number of methoxy groups -OCH3 is 1. The number of nitrogens with one attached hydrogen (secondary N) is 1. The quantitative estimate of drug-likeness (QED) is 0.464. The van der Waals surface area contributed by atoms with Gasteiger partial charge in [0.2, 0.25) is 5.95 Å². The second-order valence-electron chi connectivity index (χ2n) is 7.51. The van der Waals surface area contributed by atoms with Crippen molar-refractivity contribution in [3.8, 4) is 5.75 Å². The first-order valence-electron chi connectivity index (χ1n) is 10.1. The lowest BCUT2D eigenvalue weighted by Gasteiger charge is -2.38. The first-order chi connectivity index (χ1) is 15.7. The third kappa shape index (κ3) is 2.84. The lowest BCUT2D eigenvalue weighted by Crippen LogP contribution is -2.32. The van der Waals surface area contributed by atoms with E-state index >= 15 is 0 Å². The summed E-state index contributed by atoms with van der Waals surface area (Å²) < 4.78 is 13.3. The zero-order valence-electron chi connectivity index (χ0n) is 17.1. The van der Waals surface area contributed by atoms with Crippen molar-refractivity contribution in [1.29, 1.82) is 0 Å². The molecule has 0 amide bonds. The molecule has 0 fully saturated rings. The average Bonchev–Trinajstić information content (AvgIpc) is 3.54. The topological polar surface area (TPSA) is 78.3 Å². The third-order valence-electron chi connectivity index (χ3n) is 5.77. The lowest BCUT2D eigenvalue weighted by atomic mass is 9.86. The van der Waals surface area contributed by atoms with Crippen LogP contribution >= 0.6 is 11.3 Å². The predicted molar refractivity (Wildman–Crippen MR) is 121 cm³/mol. The van der Waals surface area contributed by atoms with E-state index < -0.39 is 0 Å². The van der Waals surface area contributed by atoms with Crippen molar-refractivity contribution in [2.24, 2.45) is 0 Å². The minimum absolute atomic E-state index is 0.164. The van der Waals surface area contributed by atoms with Crippen LogP contribution in [0.1, 0.15) is 38.5 Å². The van der Waals surface area contributed by atoms with E-state index in [1.165, 1.54) is 7.11 Å². The van der Waals surface area contributed by atoms with Crippen LogP contribution in [0.25, 0.3) is 5.70 Å². The van der Waals surface area contributed by atoms with Gasteiger partial charge in [-0.05, 0) is 41.3 Å². The van der Waals surface area contributed by atoms with Crippen molar-refractivity contribution in [2.45, 2.75) is 12.1 Å². The molecular weight excluding hydrogens is 424 g/mol. The fourth-order valence-electron chi connectivity index (χ4n) is 4.32. The summed E-state index contributed by atoms with van der Waals surface area (Å²) in [6, 6.07) is 19.3. The van der Waals surface area contributed by atoms with E-state index in [1.54, 1.807) is 29.8 Å². The number of carbonyl (C=O) groups is 1. The number of carbonyl (C=O) groups excluding carboxylic acids is 1. The number of fused-ring (bicyclic) bond motifs is 3. The summed E-state index contributed by atoms with van der Waals surface area (Å²) in [5.41, 5.74) is 4.45. The first kappa shape index (κ1) is 18.8. The van der Waals surface area contributed by atoms with Crippen LogP contribution in [0, 0.1) is 0 Å². The molecule has 7 nitrogen and oxygen atoms in total. The van der Waals surface area contributed by atoms with Gasteiger partial charge in [0.25, 0.3) is 0 Å². The Balaban J connectivity index is 1.56. The molecule has 4 heterocycles. The molecule has 0 spiro atoms. The molecule has 8 heteroatoms. The molecule has 0 unspecified atom stereocenters. The summed E-state index contributed by atoms with van der Waals surface area (Å²) >= 11 is 1.67. The standard InChI is InChI=1S/C24H18N4O3S/c1-30-23(29)15-10-8-14(9-11-15)22-19-20(16-5-2-3-6-17(16)31-22)27-24-25-13-26-28(24)21(19)18-7-4-12-32-18/h2-13,21-22H,1H3,(H,25,26,27)/t21-,22+/m0/s1. The normalized spacial score (nSPS) is 18.7. The lowest BCUT2D eigenvalue weighted by molar-refractivity contribution is 0.0600. The number of aromatic nitrogens is 3. The molecule has 0 saturated carbocycles. The van der Waals surface area contributed by atoms with Gasteiger partial charge in [0.1, 0.15) is 24.2 Å². The Labute approximate surface area is 187 Å². The molecule has 4 aromatic rings. The predicted octanol–water partition coefficient (Wildman–Crippen LogP) is 4.69. The number of thiophene rings is 1. The Morgan fingerprint density at radius 3 is 2.75 bits per heavy atom. The number of benzene rings is 2. The number of esters is 1. The average molecular weight is 443 g/mol. The van der Waals surface area contributed by atoms with Crippen molar-refractivity contribution in [3.05, 3.63) is 99.5 Å². The minimum atomic E-state index is -0.372. The molecule has 2 atom stereocenters. The molecule has 1 N–H and O–H groups in total. The Hall–Kier alpha value is -3.91. The first-order valence-corrected chi connectivity index (χ1v) is 11.0. The smallest absolute Gasteiger partial charge is 0.337 e. The molecule has 2 aromatic heterocycles. The van der Waals surface area contributed by atoms with Gasteiger partial charge in [0.15, 0.2) is 0 Å². The summed E-state index contributed by atoms with van der Waals surface area (Å²) in [7, 11) is 1.38. The van der Waals surface area contributed by atoms with Crippen LogP contribution in [0.3, 0.4) is 0 Å². The van der Waals surface area contributed by atoms with Gasteiger partial charge in [-0.25, -0.2) is 9.48 Å². The Kier molecular flexibility index (Phi) is 4.32. The van der Waals surface area contributed by atoms with Gasteiger partial charge in [-0.3, -0.25) is 0 Å². The van der Waals surface area contributed by atoms with Gasteiger partial charge in [-0.15, -0.1) is 11.3 Å². The third-order valence-corrected chi connectivity index (χ3v) is 6.69. The number of anilines is 1. The van der Waals surface area contributed by atoms with E-state index in [2.05, 4.69) is 26.8 Å². The van der Waals surface area contributed by atoms with Crippen LogP contribution in [0.15, 0.2) is 77.9 Å². The van der Waals surface area contributed by atoms with E-state index in [-0.39, 0.29) is 18.1 Å². The van der Waals surface area contributed by atoms with Gasteiger partial charge in [-0.2, -0.15) is 10.1 Å². The Morgan fingerprint density at radius 2 is 1.97 bits per heavy atom.